The van der Waals surface area contributed by atoms with Gasteiger partial charge in [0, 0.05) is 24.2 Å². The zero-order chi connectivity index (χ0) is 17.7. The number of hydrogen-bond acceptors (Lipinski definition) is 5. The molecule has 0 aliphatic rings. The topological polar surface area (TPSA) is 132 Å². The van der Waals surface area contributed by atoms with Gasteiger partial charge in [-0.3, -0.25) is 14.9 Å². The number of nitro benzene ring substituents is 1. The molecule has 0 radical (unpaired) electrons. The third-order valence-corrected chi connectivity index (χ3v) is 4.16. The molecule has 0 fully saturated rings. The van der Waals surface area contributed by atoms with Crippen LogP contribution in [0.2, 0.25) is 0 Å². The number of hydrogen-bond donors (Lipinski definition) is 2. The van der Waals surface area contributed by atoms with E-state index in [1.807, 2.05) is 0 Å². The number of nitrogens with two attached hydrogens (primary N) is 1. The predicted octanol–water partition coefficient (Wildman–Crippen LogP) is 1.81. The average molecular weight is 349 g/mol. The summed E-state index contributed by atoms with van der Waals surface area (Å²) in [6.07, 6.45) is 0.545. The Labute approximate surface area is 138 Å². The molecule has 0 spiro atoms. The van der Waals surface area contributed by atoms with Crippen LogP contribution in [0.1, 0.15) is 12.0 Å². The fourth-order valence-electron chi connectivity index (χ4n) is 2.02. The first-order valence-corrected chi connectivity index (χ1v) is 8.46. The number of nitrogens with zero attached hydrogens (tertiary/aromatic N) is 1. The van der Waals surface area contributed by atoms with Crippen LogP contribution in [-0.4, -0.2) is 19.2 Å². The molecule has 3 N–H and O–H groups in total. The molecule has 2 aromatic carbocycles. The molecule has 0 bridgehead atoms. The molecule has 126 valence electrons. The van der Waals surface area contributed by atoms with Gasteiger partial charge < -0.3 is 5.32 Å². The monoisotopic (exact) mass is 349 g/mol. The highest BCUT2D eigenvalue weighted by atomic mass is 32.2. The Morgan fingerprint density at radius 2 is 1.83 bits per heavy atom. The number of nitrogens with one attached hydrogen (secondary N) is 1. The minimum atomic E-state index is -3.74. The van der Waals surface area contributed by atoms with E-state index >= 15 is 0 Å². The van der Waals surface area contributed by atoms with E-state index in [1.165, 1.54) is 30.3 Å². The molecule has 0 unspecified atom stereocenters. The minimum Gasteiger partial charge on any atom is -0.326 e. The molecule has 8 nitrogen and oxygen atoms in total. The number of benzene rings is 2. The van der Waals surface area contributed by atoms with Crippen LogP contribution in [0.4, 0.5) is 11.4 Å². The van der Waals surface area contributed by atoms with E-state index in [9.17, 15) is 23.3 Å². The smallest absolute Gasteiger partial charge is 0.271 e. The molecule has 24 heavy (non-hydrogen) atoms. The molecular weight excluding hydrogens is 334 g/mol. The van der Waals surface area contributed by atoms with Gasteiger partial charge >= 0.3 is 0 Å². The lowest BCUT2D eigenvalue weighted by molar-refractivity contribution is -0.384. The molecule has 1 amide bonds. The summed E-state index contributed by atoms with van der Waals surface area (Å²) in [5.74, 6) is -0.300. The molecule has 0 atom stereocenters. The molecule has 2 rings (SSSR count). The summed E-state index contributed by atoms with van der Waals surface area (Å²) in [5.41, 5.74) is 1.02. The Hall–Kier alpha value is -2.78. The number of carbonyl (C=O) groups excluding carboxylic acids is 1. The molecule has 0 saturated carbocycles. The van der Waals surface area contributed by atoms with Crippen LogP contribution < -0.4 is 10.5 Å². The molecule has 0 saturated heterocycles. The molecule has 9 heteroatoms. The van der Waals surface area contributed by atoms with Crippen LogP contribution in [0.25, 0.3) is 0 Å². The highest BCUT2D eigenvalue weighted by Crippen LogP contribution is 2.17. The van der Waals surface area contributed by atoms with Crippen molar-refractivity contribution in [3.05, 3.63) is 64.2 Å². The van der Waals surface area contributed by atoms with Crippen LogP contribution >= 0.6 is 0 Å². The summed E-state index contributed by atoms with van der Waals surface area (Å²) in [4.78, 5) is 22.1. The molecule has 0 aromatic heterocycles. The number of rotatable bonds is 6. The number of nitro groups is 1. The van der Waals surface area contributed by atoms with Crippen molar-refractivity contribution in [2.24, 2.45) is 5.14 Å². The third-order valence-electron chi connectivity index (χ3n) is 3.23. The Bertz CT molecular complexity index is 863. The fourth-order valence-corrected chi connectivity index (χ4v) is 2.54. The zero-order valence-electron chi connectivity index (χ0n) is 12.5. The first-order valence-electron chi connectivity index (χ1n) is 6.92. The average Bonchev–Trinajstić information content (AvgIpc) is 2.53. The normalized spacial score (nSPS) is 11.0. The van der Waals surface area contributed by atoms with Crippen molar-refractivity contribution < 1.29 is 18.1 Å². The summed E-state index contributed by atoms with van der Waals surface area (Å²) < 4.78 is 22.3. The van der Waals surface area contributed by atoms with Gasteiger partial charge in [0.2, 0.25) is 15.9 Å². The van der Waals surface area contributed by atoms with Crippen LogP contribution in [0, 0.1) is 10.1 Å². The van der Waals surface area contributed by atoms with Crippen molar-refractivity contribution in [1.82, 2.24) is 0 Å². The lowest BCUT2D eigenvalue weighted by atomic mass is 10.1. The van der Waals surface area contributed by atoms with Crippen LogP contribution in [-0.2, 0) is 21.2 Å². The summed E-state index contributed by atoms with van der Waals surface area (Å²) in [6.45, 7) is 0. The van der Waals surface area contributed by atoms with Crippen molar-refractivity contribution in [3.63, 3.8) is 0 Å². The van der Waals surface area contributed by atoms with Crippen molar-refractivity contribution in [3.8, 4) is 0 Å². The van der Waals surface area contributed by atoms with E-state index in [0.29, 0.717) is 12.1 Å². The second-order valence-corrected chi connectivity index (χ2v) is 6.61. The third kappa shape index (κ3) is 4.86. The summed E-state index contributed by atoms with van der Waals surface area (Å²) in [5, 5.41) is 18.3. The van der Waals surface area contributed by atoms with Gasteiger partial charge in [0.15, 0.2) is 0 Å². The van der Waals surface area contributed by atoms with Gasteiger partial charge in [-0.25, -0.2) is 13.6 Å². The number of non-ortho nitro benzene ring substituents is 1. The summed E-state index contributed by atoms with van der Waals surface area (Å²) >= 11 is 0. The Morgan fingerprint density at radius 1 is 1.17 bits per heavy atom. The van der Waals surface area contributed by atoms with Crippen molar-refractivity contribution in [2.75, 3.05) is 5.32 Å². The van der Waals surface area contributed by atoms with Crippen molar-refractivity contribution >= 4 is 27.3 Å². The van der Waals surface area contributed by atoms with E-state index < -0.39 is 14.9 Å². The van der Waals surface area contributed by atoms with Crippen LogP contribution in [0.5, 0.6) is 0 Å². The lowest BCUT2D eigenvalue weighted by Crippen LogP contribution is -2.13. The van der Waals surface area contributed by atoms with E-state index in [1.54, 1.807) is 18.2 Å². The van der Waals surface area contributed by atoms with Gasteiger partial charge in [0.25, 0.3) is 5.69 Å². The van der Waals surface area contributed by atoms with Crippen LogP contribution in [0.3, 0.4) is 0 Å². The highest BCUT2D eigenvalue weighted by Gasteiger charge is 2.10. The number of primary sulfonamides is 1. The maximum Gasteiger partial charge on any atom is 0.271 e. The number of carbonyl (C=O) groups is 1. The van der Waals surface area contributed by atoms with Crippen LogP contribution in [0.15, 0.2) is 53.4 Å². The van der Waals surface area contributed by atoms with E-state index in [0.717, 1.165) is 5.56 Å². The maximum absolute atomic E-state index is 11.9. The van der Waals surface area contributed by atoms with Gasteiger partial charge in [0.1, 0.15) is 0 Å². The predicted molar refractivity (Wildman–Crippen MR) is 87.9 cm³/mol. The van der Waals surface area contributed by atoms with Gasteiger partial charge in [-0.1, -0.05) is 18.2 Å². The number of anilines is 1. The Kier molecular flexibility index (Phi) is 5.27. The van der Waals surface area contributed by atoms with E-state index in [2.05, 4.69) is 5.32 Å². The van der Waals surface area contributed by atoms with Gasteiger partial charge in [-0.05, 0) is 30.2 Å². The van der Waals surface area contributed by atoms with Gasteiger partial charge in [0.05, 0.1) is 9.82 Å². The highest BCUT2D eigenvalue weighted by molar-refractivity contribution is 7.89. The Balaban J connectivity index is 1.94. The summed E-state index contributed by atoms with van der Waals surface area (Å²) in [7, 11) is -3.74. The first-order chi connectivity index (χ1) is 11.3. The molecule has 0 aliphatic heterocycles. The van der Waals surface area contributed by atoms with Crippen molar-refractivity contribution in [1.29, 1.82) is 0 Å². The number of sulfonamides is 1. The fraction of sp³-hybridized carbons (Fsp3) is 0.133. The van der Waals surface area contributed by atoms with Gasteiger partial charge in [-0.2, -0.15) is 0 Å². The van der Waals surface area contributed by atoms with E-state index in [4.69, 9.17) is 5.14 Å². The molecule has 0 aliphatic carbocycles. The molecule has 2 aromatic rings. The van der Waals surface area contributed by atoms with E-state index in [-0.39, 0.29) is 22.9 Å². The second kappa shape index (κ2) is 7.20. The number of amides is 1. The quantitative estimate of drug-likeness (QED) is 0.606. The van der Waals surface area contributed by atoms with Gasteiger partial charge in [-0.15, -0.1) is 0 Å². The number of aryl methyl sites for hydroxylation is 1. The molecular formula is C15H15N3O5S. The first kappa shape index (κ1) is 17.6. The SMILES string of the molecule is NS(=O)(=O)c1ccc(CCC(=O)Nc2cccc([N+](=O)[O-])c2)cc1. The minimum absolute atomic E-state index is 0.00676. The zero-order valence-corrected chi connectivity index (χ0v) is 13.3. The standard InChI is InChI=1S/C15H15N3O5S/c16-24(22,23)14-7-4-11(5-8-14)6-9-15(19)17-12-2-1-3-13(10-12)18(20)21/h1-5,7-8,10H,6,9H2,(H,17,19)(H2,16,22,23). The second-order valence-electron chi connectivity index (χ2n) is 5.04. The lowest BCUT2D eigenvalue weighted by Gasteiger charge is -2.06. The summed E-state index contributed by atoms with van der Waals surface area (Å²) in [6, 6.07) is 11.6. The Morgan fingerprint density at radius 3 is 2.42 bits per heavy atom. The molecule has 0 heterocycles. The van der Waals surface area contributed by atoms with Crippen molar-refractivity contribution in [2.45, 2.75) is 17.7 Å². The largest absolute Gasteiger partial charge is 0.326 e. The maximum atomic E-state index is 11.9.